The number of hydrogen-bond donors (Lipinski definition) is 1. The average molecular weight is 264 g/mol. The molecule has 106 valence electrons. The minimum atomic E-state index is -0.105. The van der Waals surface area contributed by atoms with Crippen molar-refractivity contribution in [3.63, 3.8) is 0 Å². The van der Waals surface area contributed by atoms with Gasteiger partial charge in [-0.05, 0) is 51.9 Å². The van der Waals surface area contributed by atoms with Crippen LogP contribution in [0, 0.1) is 5.82 Å². The molecule has 1 saturated heterocycles. The summed E-state index contributed by atoms with van der Waals surface area (Å²) in [7, 11) is 0. The van der Waals surface area contributed by atoms with Crippen molar-refractivity contribution in [3.05, 3.63) is 35.6 Å². The van der Waals surface area contributed by atoms with E-state index in [1.54, 1.807) is 12.1 Å². The average Bonchev–Trinajstić information content (AvgIpc) is 2.64. The molecule has 1 fully saturated rings. The molecule has 1 aliphatic heterocycles. The molecule has 1 aliphatic rings. The lowest BCUT2D eigenvalue weighted by molar-refractivity contribution is 0.295. The first-order valence-electron chi connectivity index (χ1n) is 7.43. The highest BCUT2D eigenvalue weighted by molar-refractivity contribution is 5.20. The molecule has 1 heterocycles. The van der Waals surface area contributed by atoms with Gasteiger partial charge < -0.3 is 10.2 Å². The molecule has 0 aliphatic carbocycles. The van der Waals surface area contributed by atoms with Crippen LogP contribution in [0.3, 0.4) is 0 Å². The van der Waals surface area contributed by atoms with E-state index in [1.807, 2.05) is 12.1 Å². The number of likely N-dealkylation sites (tertiary alicyclic amines) is 1. The highest BCUT2D eigenvalue weighted by atomic mass is 19.1. The third kappa shape index (κ3) is 4.02. The zero-order valence-electron chi connectivity index (χ0n) is 12.0. The van der Waals surface area contributed by atoms with Gasteiger partial charge in [-0.2, -0.15) is 0 Å². The van der Waals surface area contributed by atoms with E-state index in [1.165, 1.54) is 19.4 Å². The summed E-state index contributed by atoms with van der Waals surface area (Å²) < 4.78 is 13.7. The molecule has 3 heteroatoms. The summed E-state index contributed by atoms with van der Waals surface area (Å²) in [6.45, 7) is 7.76. The maximum atomic E-state index is 13.7. The second-order valence-electron chi connectivity index (χ2n) is 5.47. The molecular formula is C16H25FN2. The lowest BCUT2D eigenvalue weighted by Gasteiger charge is -2.23. The topological polar surface area (TPSA) is 15.3 Å². The third-order valence-corrected chi connectivity index (χ3v) is 4.13. The summed E-state index contributed by atoms with van der Waals surface area (Å²) in [6, 6.07) is 7.66. The molecule has 1 aromatic rings. The van der Waals surface area contributed by atoms with E-state index < -0.39 is 0 Å². The Hall–Kier alpha value is -0.930. The van der Waals surface area contributed by atoms with Gasteiger partial charge in [0.05, 0.1) is 0 Å². The van der Waals surface area contributed by atoms with Gasteiger partial charge in [0.2, 0.25) is 0 Å². The second kappa shape index (κ2) is 7.01. The van der Waals surface area contributed by atoms with Gasteiger partial charge in [-0.15, -0.1) is 0 Å². The lowest BCUT2D eigenvalue weighted by Crippen LogP contribution is -2.33. The Morgan fingerprint density at radius 1 is 1.32 bits per heavy atom. The molecule has 0 radical (unpaired) electrons. The fourth-order valence-corrected chi connectivity index (χ4v) is 2.91. The smallest absolute Gasteiger partial charge is 0.127 e. The largest absolute Gasteiger partial charge is 0.307 e. The van der Waals surface area contributed by atoms with E-state index in [-0.39, 0.29) is 11.9 Å². The van der Waals surface area contributed by atoms with Crippen molar-refractivity contribution in [2.75, 3.05) is 19.6 Å². The van der Waals surface area contributed by atoms with Gasteiger partial charge in [0.25, 0.3) is 0 Å². The van der Waals surface area contributed by atoms with Crippen LogP contribution in [0.2, 0.25) is 0 Å². The molecular weight excluding hydrogens is 239 g/mol. The van der Waals surface area contributed by atoms with Crippen LogP contribution in [-0.4, -0.2) is 30.6 Å². The standard InChI is InChI=1S/C16H25FN2/c1-3-19-11-6-7-14(10-12-19)18-13(2)15-8-4-5-9-16(15)17/h4-5,8-9,13-14,18H,3,6-7,10-12H2,1-2H3. The predicted molar refractivity (Wildman–Crippen MR) is 77.7 cm³/mol. The lowest BCUT2D eigenvalue weighted by atomic mass is 10.0. The van der Waals surface area contributed by atoms with Gasteiger partial charge in [-0.1, -0.05) is 25.1 Å². The number of nitrogens with one attached hydrogen (secondary N) is 1. The van der Waals surface area contributed by atoms with Crippen LogP contribution in [0.4, 0.5) is 4.39 Å². The quantitative estimate of drug-likeness (QED) is 0.897. The molecule has 0 bridgehead atoms. The summed E-state index contributed by atoms with van der Waals surface area (Å²) in [5, 5.41) is 3.59. The van der Waals surface area contributed by atoms with Crippen molar-refractivity contribution in [1.82, 2.24) is 10.2 Å². The number of hydrogen-bond acceptors (Lipinski definition) is 2. The van der Waals surface area contributed by atoms with Crippen molar-refractivity contribution >= 4 is 0 Å². The number of rotatable bonds is 4. The molecule has 2 rings (SSSR count). The number of halogens is 1. The van der Waals surface area contributed by atoms with Gasteiger partial charge in [0.15, 0.2) is 0 Å². The van der Waals surface area contributed by atoms with Crippen molar-refractivity contribution in [1.29, 1.82) is 0 Å². The van der Waals surface area contributed by atoms with Crippen LogP contribution in [0.5, 0.6) is 0 Å². The maximum Gasteiger partial charge on any atom is 0.127 e. The molecule has 2 nitrogen and oxygen atoms in total. The molecule has 0 aromatic heterocycles. The predicted octanol–water partition coefficient (Wildman–Crippen LogP) is 3.35. The molecule has 2 atom stereocenters. The fourth-order valence-electron chi connectivity index (χ4n) is 2.91. The van der Waals surface area contributed by atoms with E-state index >= 15 is 0 Å². The Morgan fingerprint density at radius 3 is 2.84 bits per heavy atom. The molecule has 19 heavy (non-hydrogen) atoms. The zero-order chi connectivity index (χ0) is 13.7. The van der Waals surface area contributed by atoms with Gasteiger partial charge in [0.1, 0.15) is 5.82 Å². The van der Waals surface area contributed by atoms with Gasteiger partial charge in [-0.25, -0.2) is 4.39 Å². The highest BCUT2D eigenvalue weighted by Gasteiger charge is 2.19. The molecule has 2 unspecified atom stereocenters. The van der Waals surface area contributed by atoms with Crippen molar-refractivity contribution in [3.8, 4) is 0 Å². The van der Waals surface area contributed by atoms with Gasteiger partial charge >= 0.3 is 0 Å². The monoisotopic (exact) mass is 264 g/mol. The minimum absolute atomic E-state index is 0.0828. The van der Waals surface area contributed by atoms with Crippen molar-refractivity contribution in [2.24, 2.45) is 0 Å². The first-order valence-corrected chi connectivity index (χ1v) is 7.43. The fraction of sp³-hybridized carbons (Fsp3) is 0.625. The Kier molecular flexibility index (Phi) is 5.34. The van der Waals surface area contributed by atoms with Crippen LogP contribution in [-0.2, 0) is 0 Å². The van der Waals surface area contributed by atoms with Gasteiger partial charge in [-0.3, -0.25) is 0 Å². The van der Waals surface area contributed by atoms with Crippen LogP contribution in [0.1, 0.15) is 44.7 Å². The van der Waals surface area contributed by atoms with Crippen LogP contribution < -0.4 is 5.32 Å². The van der Waals surface area contributed by atoms with Crippen LogP contribution in [0.15, 0.2) is 24.3 Å². The van der Waals surface area contributed by atoms with Crippen LogP contribution >= 0.6 is 0 Å². The first kappa shape index (κ1) is 14.5. The third-order valence-electron chi connectivity index (χ3n) is 4.13. The summed E-state index contributed by atoms with van der Waals surface area (Å²) >= 11 is 0. The van der Waals surface area contributed by atoms with E-state index in [9.17, 15) is 4.39 Å². The van der Waals surface area contributed by atoms with Crippen molar-refractivity contribution < 1.29 is 4.39 Å². The maximum absolute atomic E-state index is 13.7. The Balaban J connectivity index is 1.92. The highest BCUT2D eigenvalue weighted by Crippen LogP contribution is 2.19. The molecule has 0 saturated carbocycles. The van der Waals surface area contributed by atoms with E-state index in [4.69, 9.17) is 0 Å². The van der Waals surface area contributed by atoms with E-state index in [0.717, 1.165) is 25.1 Å². The van der Waals surface area contributed by atoms with E-state index in [2.05, 4.69) is 24.1 Å². The number of nitrogens with zero attached hydrogens (tertiary/aromatic N) is 1. The van der Waals surface area contributed by atoms with E-state index in [0.29, 0.717) is 6.04 Å². The Labute approximate surface area is 116 Å². The summed E-state index contributed by atoms with van der Waals surface area (Å²) in [5.74, 6) is -0.105. The minimum Gasteiger partial charge on any atom is -0.307 e. The number of benzene rings is 1. The first-order chi connectivity index (χ1) is 9.20. The molecule has 1 aromatic carbocycles. The molecule has 0 spiro atoms. The second-order valence-corrected chi connectivity index (χ2v) is 5.47. The van der Waals surface area contributed by atoms with Crippen molar-refractivity contribution in [2.45, 2.75) is 45.2 Å². The summed E-state index contributed by atoms with van der Waals surface area (Å²) in [4.78, 5) is 2.50. The Morgan fingerprint density at radius 2 is 2.11 bits per heavy atom. The summed E-state index contributed by atoms with van der Waals surface area (Å²) in [6.07, 6.45) is 3.58. The normalized spacial score (nSPS) is 23.0. The molecule has 1 N–H and O–H groups in total. The zero-order valence-corrected chi connectivity index (χ0v) is 12.0. The van der Waals surface area contributed by atoms with Crippen LogP contribution in [0.25, 0.3) is 0 Å². The summed E-state index contributed by atoms with van der Waals surface area (Å²) in [5.41, 5.74) is 0.777. The Bertz CT molecular complexity index is 394. The van der Waals surface area contributed by atoms with Gasteiger partial charge in [0, 0.05) is 17.6 Å². The SMILES string of the molecule is CCN1CCCC(NC(C)c2ccccc2F)CC1. The molecule has 0 amide bonds.